The highest BCUT2D eigenvalue weighted by atomic mass is 35.5. The number of hydrogen-bond donors (Lipinski definition) is 2. The summed E-state index contributed by atoms with van der Waals surface area (Å²) < 4.78 is 7.10. The predicted octanol–water partition coefficient (Wildman–Crippen LogP) is 8.88. The lowest BCUT2D eigenvalue weighted by molar-refractivity contribution is 0.0600. The largest absolute Gasteiger partial charge is 0.465 e. The van der Waals surface area contributed by atoms with E-state index in [0.717, 1.165) is 71.3 Å². The van der Waals surface area contributed by atoms with Crippen LogP contribution in [0.25, 0.3) is 33.4 Å². The molecule has 0 radical (unpaired) electrons. The summed E-state index contributed by atoms with van der Waals surface area (Å²) in [5.41, 5.74) is 7.24. The zero-order chi connectivity index (χ0) is 33.9. The third kappa shape index (κ3) is 6.99. The summed E-state index contributed by atoms with van der Waals surface area (Å²) in [6, 6.07) is 28.7. The van der Waals surface area contributed by atoms with Crippen LogP contribution in [0.3, 0.4) is 0 Å². The van der Waals surface area contributed by atoms with Crippen LogP contribution in [0.2, 0.25) is 10.0 Å². The van der Waals surface area contributed by atoms with E-state index in [9.17, 15) is 9.59 Å². The Morgan fingerprint density at radius 2 is 1.67 bits per heavy atom. The van der Waals surface area contributed by atoms with Crippen molar-refractivity contribution in [1.82, 2.24) is 19.4 Å². The summed E-state index contributed by atoms with van der Waals surface area (Å²) in [5, 5.41) is 5.23. The number of ether oxygens (including phenoxy) is 1. The van der Waals surface area contributed by atoms with Gasteiger partial charge in [0.2, 0.25) is 0 Å². The van der Waals surface area contributed by atoms with Crippen molar-refractivity contribution in [3.8, 4) is 22.5 Å². The topological polar surface area (TPSA) is 92.2 Å². The van der Waals surface area contributed by atoms with Crippen molar-refractivity contribution in [3.05, 3.63) is 130 Å². The average Bonchev–Trinajstić information content (AvgIpc) is 3.87. The Balaban J connectivity index is 1.35. The fourth-order valence-corrected chi connectivity index (χ4v) is 6.85. The summed E-state index contributed by atoms with van der Waals surface area (Å²) in [7, 11) is 1.35. The van der Waals surface area contributed by atoms with Crippen LogP contribution in [0.4, 0.5) is 5.69 Å². The van der Waals surface area contributed by atoms with Gasteiger partial charge in [-0.05, 0) is 79.9 Å². The van der Waals surface area contributed by atoms with Crippen LogP contribution in [-0.4, -0.2) is 51.5 Å². The first-order chi connectivity index (χ1) is 23.9. The lowest BCUT2D eigenvalue weighted by atomic mass is 10.0. The highest BCUT2D eigenvalue weighted by molar-refractivity contribution is 6.31. The van der Waals surface area contributed by atoms with Crippen molar-refractivity contribution < 1.29 is 14.3 Å². The standard InChI is InChI=1S/C39H35Cl2N5O3/c1-49-39(48)27-11-12-28(23-45-18-5-6-19-45)32(21-27)44-38(47)36-34(31-16-15-30(41)22-33(31)43-36)37-35(26-7-3-2-4-8-26)42-24-46(37)20-17-25-9-13-29(40)14-10-25/h2-4,7-16,21-22,24,43H,5-6,17-20,23H2,1H3,(H,44,47). The van der Waals surface area contributed by atoms with Crippen molar-refractivity contribution in [3.63, 3.8) is 0 Å². The number of carbonyl (C=O) groups is 2. The van der Waals surface area contributed by atoms with E-state index < -0.39 is 5.97 Å². The molecule has 0 unspecified atom stereocenters. The van der Waals surface area contributed by atoms with Gasteiger partial charge in [-0.15, -0.1) is 0 Å². The van der Waals surface area contributed by atoms with E-state index in [1.807, 2.05) is 85.2 Å². The summed E-state index contributed by atoms with van der Waals surface area (Å²) in [6.45, 7) is 3.24. The highest BCUT2D eigenvalue weighted by Crippen LogP contribution is 2.40. The predicted molar refractivity (Wildman–Crippen MR) is 195 cm³/mol. The number of H-pyrrole nitrogens is 1. The van der Waals surface area contributed by atoms with E-state index in [2.05, 4.69) is 19.8 Å². The second-order valence-electron chi connectivity index (χ2n) is 12.2. The molecule has 2 N–H and O–H groups in total. The molecule has 1 saturated heterocycles. The van der Waals surface area contributed by atoms with Crippen LogP contribution >= 0.6 is 23.2 Å². The zero-order valence-electron chi connectivity index (χ0n) is 27.0. The van der Waals surface area contributed by atoms with Crippen LogP contribution in [0, 0.1) is 0 Å². The first-order valence-electron chi connectivity index (χ1n) is 16.3. The van der Waals surface area contributed by atoms with Crippen LogP contribution < -0.4 is 5.32 Å². The van der Waals surface area contributed by atoms with Gasteiger partial charge >= 0.3 is 5.97 Å². The molecule has 0 saturated carbocycles. The monoisotopic (exact) mass is 691 g/mol. The van der Waals surface area contributed by atoms with Gasteiger partial charge in [-0.1, -0.05) is 77.8 Å². The van der Waals surface area contributed by atoms with Crippen molar-refractivity contribution in [1.29, 1.82) is 0 Å². The lowest BCUT2D eigenvalue weighted by Crippen LogP contribution is -2.21. The fraction of sp³-hybridized carbons (Fsp3) is 0.205. The van der Waals surface area contributed by atoms with Gasteiger partial charge in [-0.25, -0.2) is 9.78 Å². The number of anilines is 1. The van der Waals surface area contributed by atoms with Gasteiger partial charge in [0.15, 0.2) is 0 Å². The maximum absolute atomic E-state index is 14.5. The molecule has 4 aromatic carbocycles. The average molecular weight is 693 g/mol. The summed E-state index contributed by atoms with van der Waals surface area (Å²) in [6.07, 6.45) is 4.83. The minimum absolute atomic E-state index is 0.350. The van der Waals surface area contributed by atoms with Crippen LogP contribution in [0.5, 0.6) is 0 Å². The number of rotatable bonds is 10. The maximum atomic E-state index is 14.5. The number of methoxy groups -OCH3 is 1. The summed E-state index contributed by atoms with van der Waals surface area (Å²) in [4.78, 5) is 37.7. The van der Waals surface area contributed by atoms with Crippen LogP contribution in [0.15, 0.2) is 97.3 Å². The molecule has 6 aromatic rings. The van der Waals surface area contributed by atoms with Crippen molar-refractivity contribution in [2.45, 2.75) is 32.4 Å². The van der Waals surface area contributed by atoms with Gasteiger partial charge in [-0.3, -0.25) is 9.69 Å². The van der Waals surface area contributed by atoms with Gasteiger partial charge in [0, 0.05) is 50.9 Å². The molecule has 3 heterocycles. The Kier molecular flexibility index (Phi) is 9.53. The summed E-state index contributed by atoms with van der Waals surface area (Å²) in [5.74, 6) is -0.822. The third-order valence-corrected chi connectivity index (χ3v) is 9.52. The first kappa shape index (κ1) is 32.6. The molecule has 10 heteroatoms. The number of halogens is 2. The van der Waals surface area contributed by atoms with E-state index in [4.69, 9.17) is 32.9 Å². The number of aryl methyl sites for hydroxylation is 2. The number of fused-ring (bicyclic) bond motifs is 1. The number of nitrogens with one attached hydrogen (secondary N) is 2. The number of aromatic nitrogens is 3. The summed E-state index contributed by atoms with van der Waals surface area (Å²) >= 11 is 12.6. The van der Waals surface area contributed by atoms with Gasteiger partial charge in [0.1, 0.15) is 5.69 Å². The molecule has 1 aliphatic rings. The number of esters is 1. The van der Waals surface area contributed by atoms with Crippen LogP contribution in [-0.2, 0) is 24.2 Å². The number of carbonyl (C=O) groups excluding carboxylic acids is 2. The van der Waals surface area contributed by atoms with E-state index in [1.165, 1.54) is 7.11 Å². The third-order valence-electron chi connectivity index (χ3n) is 9.04. The van der Waals surface area contributed by atoms with E-state index in [0.29, 0.717) is 45.6 Å². The molecular weight excluding hydrogens is 657 g/mol. The highest BCUT2D eigenvalue weighted by Gasteiger charge is 2.27. The Morgan fingerprint density at radius 3 is 2.43 bits per heavy atom. The molecule has 1 fully saturated rings. The number of amides is 1. The number of aromatic amines is 1. The second kappa shape index (κ2) is 14.3. The molecule has 0 spiro atoms. The van der Waals surface area contributed by atoms with Gasteiger partial charge in [0.05, 0.1) is 30.4 Å². The van der Waals surface area contributed by atoms with E-state index in [1.54, 1.807) is 12.1 Å². The minimum atomic E-state index is -0.471. The number of benzene rings is 4. The molecule has 0 bridgehead atoms. The van der Waals surface area contributed by atoms with Gasteiger partial charge in [0.25, 0.3) is 5.91 Å². The first-order valence-corrected chi connectivity index (χ1v) is 17.0. The van der Waals surface area contributed by atoms with E-state index in [-0.39, 0.29) is 5.91 Å². The minimum Gasteiger partial charge on any atom is -0.465 e. The second-order valence-corrected chi connectivity index (χ2v) is 13.1. The zero-order valence-corrected chi connectivity index (χ0v) is 28.5. The van der Waals surface area contributed by atoms with Crippen molar-refractivity contribution in [2.75, 3.05) is 25.5 Å². The molecule has 8 nitrogen and oxygen atoms in total. The van der Waals surface area contributed by atoms with E-state index >= 15 is 0 Å². The van der Waals surface area contributed by atoms with Gasteiger partial charge in [-0.2, -0.15) is 0 Å². The molecule has 1 amide bonds. The van der Waals surface area contributed by atoms with Crippen molar-refractivity contribution in [2.24, 2.45) is 0 Å². The van der Waals surface area contributed by atoms with Crippen molar-refractivity contribution >= 4 is 51.7 Å². The molecular formula is C39H35Cl2N5O3. The molecule has 0 atom stereocenters. The number of hydrogen-bond acceptors (Lipinski definition) is 5. The van der Waals surface area contributed by atoms with Crippen LogP contribution in [0.1, 0.15) is 44.8 Å². The SMILES string of the molecule is COC(=O)c1ccc(CN2CCCC2)c(NC(=O)c2[nH]c3cc(Cl)ccc3c2-c2c(-c3ccccc3)ncn2CCc2ccc(Cl)cc2)c1. The molecule has 2 aromatic heterocycles. The lowest BCUT2D eigenvalue weighted by Gasteiger charge is -2.19. The number of imidazole rings is 1. The molecule has 1 aliphatic heterocycles. The Bertz CT molecular complexity index is 2130. The Labute approximate surface area is 294 Å². The number of likely N-dealkylation sites (tertiary alicyclic amines) is 1. The van der Waals surface area contributed by atoms with Gasteiger partial charge < -0.3 is 19.6 Å². The smallest absolute Gasteiger partial charge is 0.337 e. The molecule has 7 rings (SSSR count). The molecule has 49 heavy (non-hydrogen) atoms. The maximum Gasteiger partial charge on any atom is 0.337 e. The molecule has 248 valence electrons. The molecule has 0 aliphatic carbocycles. The fourth-order valence-electron chi connectivity index (χ4n) is 6.55. The number of nitrogens with zero attached hydrogens (tertiary/aromatic N) is 3. The quantitative estimate of drug-likeness (QED) is 0.140. The Morgan fingerprint density at radius 1 is 0.918 bits per heavy atom. The Hall–Kier alpha value is -4.89. The normalized spacial score (nSPS) is 13.2.